The number of aromatic nitrogens is 3. The number of pyridine rings is 1. The van der Waals surface area contributed by atoms with E-state index in [0.29, 0.717) is 5.82 Å². The van der Waals surface area contributed by atoms with Crippen molar-refractivity contribution in [3.8, 4) is 0 Å². The molecule has 128 valence electrons. The van der Waals surface area contributed by atoms with Gasteiger partial charge in [-0.2, -0.15) is 0 Å². The van der Waals surface area contributed by atoms with Gasteiger partial charge in [-0.05, 0) is 32.0 Å². The van der Waals surface area contributed by atoms with E-state index in [1.54, 1.807) is 6.20 Å². The molecule has 2 aromatic heterocycles. The summed E-state index contributed by atoms with van der Waals surface area (Å²) in [5.41, 5.74) is 0.984. The van der Waals surface area contributed by atoms with Crippen LogP contribution in [0.1, 0.15) is 23.9 Å². The number of aryl methyl sites for hydroxylation is 1. The molecule has 0 spiro atoms. The molecule has 1 aliphatic heterocycles. The van der Waals surface area contributed by atoms with Crippen molar-refractivity contribution in [2.24, 2.45) is 0 Å². The van der Waals surface area contributed by atoms with Gasteiger partial charge >= 0.3 is 0 Å². The predicted octanol–water partition coefficient (Wildman–Crippen LogP) is 1.07. The minimum Gasteiger partial charge on any atom is -0.395 e. The lowest BCUT2D eigenvalue weighted by atomic mass is 10.0. The summed E-state index contributed by atoms with van der Waals surface area (Å²) in [4.78, 5) is 15.4. The van der Waals surface area contributed by atoms with E-state index >= 15 is 0 Å². The zero-order valence-electron chi connectivity index (χ0n) is 13.8. The van der Waals surface area contributed by atoms with Crippen LogP contribution in [0.3, 0.4) is 0 Å². The fourth-order valence-corrected chi connectivity index (χ4v) is 3.08. The molecule has 24 heavy (non-hydrogen) atoms. The van der Waals surface area contributed by atoms with Crippen LogP contribution < -0.4 is 5.32 Å². The molecule has 7 nitrogen and oxygen atoms in total. The van der Waals surface area contributed by atoms with E-state index in [9.17, 15) is 10.2 Å². The first-order chi connectivity index (χ1) is 11.7. The highest BCUT2D eigenvalue weighted by Gasteiger charge is 2.29. The fourth-order valence-electron chi connectivity index (χ4n) is 3.08. The number of nitrogens with zero attached hydrogens (tertiary/aromatic N) is 4. The van der Waals surface area contributed by atoms with Gasteiger partial charge in [0.2, 0.25) is 0 Å². The summed E-state index contributed by atoms with van der Waals surface area (Å²) in [6.07, 6.45) is 2.69. The third-order valence-electron chi connectivity index (χ3n) is 4.35. The van der Waals surface area contributed by atoms with Crippen molar-refractivity contribution in [1.82, 2.24) is 19.9 Å². The number of likely N-dealkylation sites (tertiary alicyclic amines) is 1. The standard InChI is InChI=1S/C17H23N5O2/c1-12-19-15(13-5-7-22(9-13)14(10-23)11-24)8-17(20-12)21-16-4-2-3-6-18-16/h2-4,6,8,13-14,23-24H,5,7,9-11H2,1H3,(H,18,19,20,21)/t13-/m1/s1. The summed E-state index contributed by atoms with van der Waals surface area (Å²) in [7, 11) is 0. The summed E-state index contributed by atoms with van der Waals surface area (Å²) in [5.74, 6) is 2.47. The first-order valence-electron chi connectivity index (χ1n) is 8.19. The maximum atomic E-state index is 9.35. The van der Waals surface area contributed by atoms with Crippen LogP contribution >= 0.6 is 0 Å². The van der Waals surface area contributed by atoms with Crippen molar-refractivity contribution in [2.45, 2.75) is 25.3 Å². The van der Waals surface area contributed by atoms with Gasteiger partial charge in [-0.1, -0.05) is 6.07 Å². The van der Waals surface area contributed by atoms with Gasteiger partial charge < -0.3 is 15.5 Å². The van der Waals surface area contributed by atoms with Gasteiger partial charge in [0.25, 0.3) is 0 Å². The molecule has 0 bridgehead atoms. The summed E-state index contributed by atoms with van der Waals surface area (Å²) in [5, 5.41) is 21.9. The molecule has 3 N–H and O–H groups in total. The van der Waals surface area contributed by atoms with Crippen molar-refractivity contribution in [2.75, 3.05) is 31.6 Å². The topological polar surface area (TPSA) is 94.4 Å². The second-order valence-corrected chi connectivity index (χ2v) is 6.06. The zero-order chi connectivity index (χ0) is 16.9. The summed E-state index contributed by atoms with van der Waals surface area (Å²) in [6.45, 7) is 3.45. The highest BCUT2D eigenvalue weighted by molar-refractivity contribution is 5.51. The van der Waals surface area contributed by atoms with E-state index in [4.69, 9.17) is 0 Å². The Morgan fingerprint density at radius 2 is 2.08 bits per heavy atom. The number of rotatable bonds is 6. The van der Waals surface area contributed by atoms with Crippen molar-refractivity contribution < 1.29 is 10.2 Å². The lowest BCUT2D eigenvalue weighted by molar-refractivity contribution is 0.0896. The number of hydrogen-bond donors (Lipinski definition) is 3. The third kappa shape index (κ3) is 3.87. The predicted molar refractivity (Wildman–Crippen MR) is 91.2 cm³/mol. The van der Waals surface area contributed by atoms with Gasteiger partial charge in [0.15, 0.2) is 0 Å². The van der Waals surface area contributed by atoms with Crippen LogP contribution in [0.5, 0.6) is 0 Å². The molecule has 3 heterocycles. The minimum absolute atomic E-state index is 0.0293. The molecule has 1 aliphatic rings. The molecule has 1 fully saturated rings. The number of anilines is 2. The summed E-state index contributed by atoms with van der Waals surface area (Å²) in [6, 6.07) is 7.45. The first kappa shape index (κ1) is 16.8. The number of aliphatic hydroxyl groups excluding tert-OH is 2. The number of nitrogens with one attached hydrogen (secondary N) is 1. The Balaban J connectivity index is 1.75. The van der Waals surface area contributed by atoms with Crippen LogP contribution in [0.4, 0.5) is 11.6 Å². The molecule has 0 aliphatic carbocycles. The van der Waals surface area contributed by atoms with Crippen LogP contribution in [0, 0.1) is 6.92 Å². The Hall–Kier alpha value is -2.09. The van der Waals surface area contributed by atoms with E-state index in [1.165, 1.54) is 0 Å². The number of aliphatic hydroxyl groups is 2. The largest absolute Gasteiger partial charge is 0.395 e. The summed E-state index contributed by atoms with van der Waals surface area (Å²) >= 11 is 0. The molecule has 7 heteroatoms. The van der Waals surface area contributed by atoms with Crippen LogP contribution in [-0.4, -0.2) is 62.4 Å². The maximum Gasteiger partial charge on any atom is 0.135 e. The molecule has 1 saturated heterocycles. The van der Waals surface area contributed by atoms with Gasteiger partial charge in [-0.15, -0.1) is 0 Å². The van der Waals surface area contributed by atoms with Crippen LogP contribution in [-0.2, 0) is 0 Å². The fraction of sp³-hybridized carbons (Fsp3) is 0.471. The number of hydrogen-bond acceptors (Lipinski definition) is 7. The second-order valence-electron chi connectivity index (χ2n) is 6.06. The first-order valence-corrected chi connectivity index (χ1v) is 8.19. The third-order valence-corrected chi connectivity index (χ3v) is 4.35. The van der Waals surface area contributed by atoms with Crippen molar-refractivity contribution >= 4 is 11.6 Å². The molecule has 0 saturated carbocycles. The molecule has 3 rings (SSSR count). The zero-order valence-corrected chi connectivity index (χ0v) is 13.8. The van der Waals surface area contributed by atoms with Gasteiger partial charge in [0.05, 0.1) is 24.9 Å². The molecule has 0 radical (unpaired) electrons. The maximum absolute atomic E-state index is 9.35. The van der Waals surface area contributed by atoms with E-state index in [-0.39, 0.29) is 25.2 Å². The van der Waals surface area contributed by atoms with E-state index in [0.717, 1.165) is 36.8 Å². The Morgan fingerprint density at radius 3 is 2.79 bits per heavy atom. The normalized spacial score (nSPS) is 18.2. The monoisotopic (exact) mass is 329 g/mol. The van der Waals surface area contributed by atoms with E-state index < -0.39 is 0 Å². The van der Waals surface area contributed by atoms with Crippen molar-refractivity contribution in [1.29, 1.82) is 0 Å². The molecule has 0 amide bonds. The average Bonchev–Trinajstić information content (AvgIpc) is 3.06. The molecule has 2 aromatic rings. The minimum atomic E-state index is -0.191. The quantitative estimate of drug-likeness (QED) is 0.729. The highest BCUT2D eigenvalue weighted by Crippen LogP contribution is 2.28. The van der Waals surface area contributed by atoms with Crippen molar-refractivity contribution in [3.63, 3.8) is 0 Å². The van der Waals surface area contributed by atoms with E-state index in [1.807, 2.05) is 31.2 Å². The van der Waals surface area contributed by atoms with Crippen LogP contribution in [0.15, 0.2) is 30.5 Å². The lowest BCUT2D eigenvalue weighted by Gasteiger charge is -2.24. The van der Waals surface area contributed by atoms with Crippen molar-refractivity contribution in [3.05, 3.63) is 42.0 Å². The Morgan fingerprint density at radius 1 is 1.25 bits per heavy atom. The summed E-state index contributed by atoms with van der Waals surface area (Å²) < 4.78 is 0. The average molecular weight is 329 g/mol. The smallest absolute Gasteiger partial charge is 0.135 e. The van der Waals surface area contributed by atoms with Gasteiger partial charge in [-0.3, -0.25) is 4.90 Å². The van der Waals surface area contributed by atoms with Gasteiger partial charge in [0.1, 0.15) is 17.5 Å². The Bertz CT molecular complexity index is 663. The molecular formula is C17H23N5O2. The van der Waals surface area contributed by atoms with Crippen LogP contribution in [0.25, 0.3) is 0 Å². The SMILES string of the molecule is Cc1nc(Nc2ccccn2)cc([C@@H]2CCN(C(CO)CO)C2)n1. The Labute approximate surface area is 141 Å². The lowest BCUT2D eigenvalue weighted by Crippen LogP contribution is -2.38. The van der Waals surface area contributed by atoms with E-state index in [2.05, 4.69) is 25.2 Å². The van der Waals surface area contributed by atoms with Gasteiger partial charge in [-0.25, -0.2) is 15.0 Å². The molecule has 0 aromatic carbocycles. The Kier molecular flexibility index (Phi) is 5.34. The van der Waals surface area contributed by atoms with Gasteiger partial charge in [0, 0.05) is 24.7 Å². The molecule has 1 atom stereocenters. The molecular weight excluding hydrogens is 306 g/mol. The molecule has 0 unspecified atom stereocenters. The highest BCUT2D eigenvalue weighted by atomic mass is 16.3. The second kappa shape index (κ2) is 7.65. The van der Waals surface area contributed by atoms with Crippen LogP contribution in [0.2, 0.25) is 0 Å².